The molecule has 33 heavy (non-hydrogen) atoms. The van der Waals surface area contributed by atoms with Gasteiger partial charge >= 0.3 is 5.92 Å². The fourth-order valence-corrected chi connectivity index (χ4v) is 5.73. The second-order valence-electron chi connectivity index (χ2n) is 10.4. The van der Waals surface area contributed by atoms with E-state index >= 15 is 0 Å². The zero-order chi connectivity index (χ0) is 23.2. The van der Waals surface area contributed by atoms with Crippen molar-refractivity contribution in [3.8, 4) is 0 Å². The summed E-state index contributed by atoms with van der Waals surface area (Å²) in [6, 6.07) is 1.69. The minimum atomic E-state index is -2.99. The van der Waals surface area contributed by atoms with Crippen LogP contribution in [0.2, 0.25) is 0 Å². The summed E-state index contributed by atoms with van der Waals surface area (Å²) in [7, 11) is 0. The number of halogens is 2. The maximum absolute atomic E-state index is 13.5. The third kappa shape index (κ3) is 4.83. The molecule has 1 amide bonds. The molecule has 2 atom stereocenters. The average Bonchev–Trinajstić information content (AvgIpc) is 3.18. The molecule has 3 heterocycles. The molecule has 0 unspecified atom stereocenters. The van der Waals surface area contributed by atoms with Gasteiger partial charge < -0.3 is 19.2 Å². The van der Waals surface area contributed by atoms with E-state index in [1.807, 2.05) is 6.92 Å². The third-order valence-corrected chi connectivity index (χ3v) is 7.72. The first-order chi connectivity index (χ1) is 15.7. The van der Waals surface area contributed by atoms with Gasteiger partial charge in [0.05, 0.1) is 11.9 Å². The van der Waals surface area contributed by atoms with Crippen molar-refractivity contribution in [3.63, 3.8) is 0 Å². The number of aromatic nitrogens is 2. The number of oxazole rings is 1. The first-order valence-electron chi connectivity index (χ1n) is 12.0. The fourth-order valence-electron chi connectivity index (χ4n) is 5.73. The number of fused-ring (bicyclic) bond motifs is 1. The van der Waals surface area contributed by atoms with Gasteiger partial charge in [-0.1, -0.05) is 5.16 Å². The van der Waals surface area contributed by atoms with Crippen molar-refractivity contribution in [2.45, 2.75) is 76.2 Å². The number of amides is 1. The number of carbonyl (C=O) groups excluding carboxylic acids is 1. The Labute approximate surface area is 192 Å². The molecule has 2 aliphatic carbocycles. The monoisotopic (exact) mass is 462 g/mol. The molecule has 1 aliphatic heterocycles. The van der Waals surface area contributed by atoms with Gasteiger partial charge in [0.25, 0.3) is 0 Å². The van der Waals surface area contributed by atoms with Crippen molar-refractivity contribution in [1.29, 1.82) is 0 Å². The highest BCUT2D eigenvalue weighted by molar-refractivity contribution is 5.77. The molecule has 3 aliphatic rings. The number of rotatable bonds is 8. The van der Waals surface area contributed by atoms with Crippen LogP contribution in [0.1, 0.15) is 68.6 Å². The van der Waals surface area contributed by atoms with Gasteiger partial charge in [-0.25, -0.2) is 4.98 Å². The number of aryl methyl sites for hydroxylation is 1. The predicted octanol–water partition coefficient (Wildman–Crippen LogP) is 3.96. The van der Waals surface area contributed by atoms with Crippen LogP contribution < -0.4 is 5.32 Å². The molecule has 180 valence electrons. The van der Waals surface area contributed by atoms with Gasteiger partial charge in [-0.2, -0.15) is 8.78 Å². The Morgan fingerprint density at radius 1 is 1.33 bits per heavy atom. The first-order valence-corrected chi connectivity index (χ1v) is 12.0. The smallest absolute Gasteiger partial charge is 0.304 e. The summed E-state index contributed by atoms with van der Waals surface area (Å²) in [4.78, 5) is 18.8. The Balaban J connectivity index is 1.03. The summed E-state index contributed by atoms with van der Waals surface area (Å²) < 4.78 is 37.4. The van der Waals surface area contributed by atoms with Crippen LogP contribution in [0.25, 0.3) is 0 Å². The van der Waals surface area contributed by atoms with Crippen molar-refractivity contribution < 1.29 is 22.5 Å². The van der Waals surface area contributed by atoms with Crippen LogP contribution in [-0.4, -0.2) is 46.6 Å². The lowest BCUT2D eigenvalue weighted by atomic mass is 9.84. The van der Waals surface area contributed by atoms with Crippen LogP contribution in [-0.2, 0) is 22.6 Å². The minimum Gasteiger partial charge on any atom is -0.445 e. The Morgan fingerprint density at radius 2 is 2.12 bits per heavy atom. The minimum absolute atomic E-state index is 0.0289. The van der Waals surface area contributed by atoms with Crippen molar-refractivity contribution in [1.82, 2.24) is 20.4 Å². The predicted molar refractivity (Wildman–Crippen MR) is 116 cm³/mol. The summed E-state index contributed by atoms with van der Waals surface area (Å²) in [5.74, 6) is -1.01. The Hall–Kier alpha value is -2.29. The third-order valence-electron chi connectivity index (χ3n) is 7.72. The molecule has 1 saturated heterocycles. The maximum atomic E-state index is 13.5. The fraction of sp³-hybridized carbons (Fsp3) is 0.708. The van der Waals surface area contributed by atoms with Gasteiger partial charge in [-0.05, 0) is 63.8 Å². The lowest BCUT2D eigenvalue weighted by Gasteiger charge is -2.30. The molecular formula is C24H32F2N4O3. The summed E-state index contributed by atoms with van der Waals surface area (Å²) >= 11 is 0. The molecule has 3 fully saturated rings. The number of piperidine rings is 1. The van der Waals surface area contributed by atoms with Crippen molar-refractivity contribution in [3.05, 3.63) is 35.4 Å². The highest BCUT2D eigenvalue weighted by Gasteiger charge is 2.62. The molecule has 5 rings (SSSR count). The van der Waals surface area contributed by atoms with Crippen LogP contribution >= 0.6 is 0 Å². The molecule has 7 nitrogen and oxygen atoms in total. The molecular weight excluding hydrogens is 430 g/mol. The Bertz CT molecular complexity index is 992. The van der Waals surface area contributed by atoms with Crippen molar-refractivity contribution in [2.75, 3.05) is 19.6 Å². The number of nitrogens with one attached hydrogen (secondary N) is 1. The van der Waals surface area contributed by atoms with Crippen LogP contribution in [0.4, 0.5) is 8.78 Å². The number of hydrogen-bond donors (Lipinski definition) is 1. The molecule has 0 spiro atoms. The normalized spacial score (nSPS) is 29.8. The number of nitrogens with zero attached hydrogens (tertiary/aromatic N) is 3. The Kier molecular flexibility index (Phi) is 5.79. The summed E-state index contributed by atoms with van der Waals surface area (Å²) in [6.45, 7) is 5.58. The van der Waals surface area contributed by atoms with Crippen LogP contribution in [0, 0.1) is 18.8 Å². The number of alkyl halides is 2. The molecule has 0 aromatic carbocycles. The molecule has 1 N–H and O–H groups in total. The molecule has 2 aromatic rings. The topological polar surface area (TPSA) is 84.4 Å². The number of likely N-dealkylation sites (tertiary alicyclic amines) is 1. The first kappa shape index (κ1) is 22.5. The second kappa shape index (κ2) is 8.49. The van der Waals surface area contributed by atoms with Crippen LogP contribution in [0.5, 0.6) is 0 Å². The van der Waals surface area contributed by atoms with E-state index in [2.05, 4.69) is 20.4 Å². The van der Waals surface area contributed by atoms with Gasteiger partial charge in [0.1, 0.15) is 12.2 Å². The van der Waals surface area contributed by atoms with E-state index in [9.17, 15) is 13.6 Å². The molecule has 0 bridgehead atoms. The van der Waals surface area contributed by atoms with E-state index in [0.717, 1.165) is 65.1 Å². The zero-order valence-corrected chi connectivity index (χ0v) is 19.3. The molecule has 2 saturated carbocycles. The van der Waals surface area contributed by atoms with Crippen molar-refractivity contribution in [2.24, 2.45) is 11.8 Å². The summed E-state index contributed by atoms with van der Waals surface area (Å²) in [5.41, 5.74) is 0.610. The SMILES string of the molecule is Cc1cnc(CC(=O)NC2CCC(CCN3C[C@@H]4C[C@]4(c4cc(C(C)(F)F)on4)C3)CC2)o1. The summed E-state index contributed by atoms with van der Waals surface area (Å²) in [5, 5.41) is 7.12. The zero-order valence-electron chi connectivity index (χ0n) is 19.3. The number of hydrogen-bond acceptors (Lipinski definition) is 6. The molecule has 0 radical (unpaired) electrons. The highest BCUT2D eigenvalue weighted by Crippen LogP contribution is 2.59. The highest BCUT2D eigenvalue weighted by atomic mass is 19.3. The van der Waals surface area contributed by atoms with E-state index < -0.39 is 5.92 Å². The molecule has 2 aromatic heterocycles. The van der Waals surface area contributed by atoms with Gasteiger partial charge in [0, 0.05) is 37.5 Å². The largest absolute Gasteiger partial charge is 0.445 e. The lowest BCUT2D eigenvalue weighted by molar-refractivity contribution is -0.121. The number of carbonyl (C=O) groups is 1. The quantitative estimate of drug-likeness (QED) is 0.639. The van der Waals surface area contributed by atoms with Crippen molar-refractivity contribution >= 4 is 5.91 Å². The van der Waals surface area contributed by atoms with E-state index in [1.165, 1.54) is 6.07 Å². The Morgan fingerprint density at radius 3 is 2.79 bits per heavy atom. The van der Waals surface area contributed by atoms with E-state index in [0.29, 0.717) is 29.2 Å². The van der Waals surface area contributed by atoms with Crippen LogP contribution in [0.3, 0.4) is 0 Å². The van der Waals surface area contributed by atoms with Gasteiger partial charge in [-0.15, -0.1) is 0 Å². The maximum Gasteiger partial charge on any atom is 0.304 e. The standard InChI is InChI=1S/C24H32F2N4O3/c1-15-12-27-22(32-15)10-21(31)28-18-5-3-16(4-6-18)7-8-30-13-17-11-24(17,14-30)19-9-20(33-29-19)23(2,25)26/h9,12,16-18H,3-8,10-11,13-14H2,1-2H3,(H,28,31)/t16?,17-,18?,24-/m0/s1. The van der Waals surface area contributed by atoms with Gasteiger partial charge in [0.2, 0.25) is 17.6 Å². The van der Waals surface area contributed by atoms with E-state index in [-0.39, 0.29) is 29.5 Å². The van der Waals surface area contributed by atoms with Crippen LogP contribution in [0.15, 0.2) is 21.2 Å². The van der Waals surface area contributed by atoms with Gasteiger partial charge in [-0.3, -0.25) is 4.79 Å². The van der Waals surface area contributed by atoms with E-state index in [1.54, 1.807) is 6.20 Å². The van der Waals surface area contributed by atoms with Gasteiger partial charge in [0.15, 0.2) is 0 Å². The molecule has 9 heteroatoms. The second-order valence-corrected chi connectivity index (χ2v) is 10.4. The van der Waals surface area contributed by atoms with E-state index in [4.69, 9.17) is 8.94 Å². The average molecular weight is 463 g/mol. The lowest BCUT2D eigenvalue weighted by Crippen LogP contribution is -2.39. The summed E-state index contributed by atoms with van der Waals surface area (Å²) in [6.07, 6.45) is 8.20.